The van der Waals surface area contributed by atoms with Crippen molar-refractivity contribution in [3.63, 3.8) is 0 Å². The summed E-state index contributed by atoms with van der Waals surface area (Å²) in [5, 5.41) is 19.9. The topological polar surface area (TPSA) is 89.7 Å². The Balaban J connectivity index is 2.71. The van der Waals surface area contributed by atoms with Gasteiger partial charge in [-0.2, -0.15) is 0 Å². The quantitative estimate of drug-likeness (QED) is 0.424. The number of benzene rings is 1. The first-order valence-corrected chi connectivity index (χ1v) is 6.71. The van der Waals surface area contributed by atoms with Crippen molar-refractivity contribution in [1.82, 2.24) is 0 Å². The van der Waals surface area contributed by atoms with Crippen LogP contribution in [0.2, 0.25) is 0 Å². The summed E-state index contributed by atoms with van der Waals surface area (Å²) in [4.78, 5) is 21.3. The van der Waals surface area contributed by atoms with Gasteiger partial charge in [0.15, 0.2) is 0 Å². The van der Waals surface area contributed by atoms with Crippen molar-refractivity contribution in [2.45, 2.75) is 39.0 Å². The summed E-state index contributed by atoms with van der Waals surface area (Å²) >= 11 is 0. The van der Waals surface area contributed by atoms with E-state index in [4.69, 9.17) is 9.84 Å². The molecule has 1 aromatic rings. The monoisotopic (exact) mass is 281 g/mol. The van der Waals surface area contributed by atoms with E-state index in [2.05, 4.69) is 6.92 Å². The predicted molar refractivity (Wildman–Crippen MR) is 74.3 cm³/mol. The lowest BCUT2D eigenvalue weighted by molar-refractivity contribution is -0.385. The van der Waals surface area contributed by atoms with Crippen molar-refractivity contribution in [3.8, 4) is 5.75 Å². The highest BCUT2D eigenvalue weighted by molar-refractivity contribution is 5.92. The Morgan fingerprint density at radius 2 is 2.00 bits per heavy atom. The summed E-state index contributed by atoms with van der Waals surface area (Å²) < 4.78 is 5.35. The summed E-state index contributed by atoms with van der Waals surface area (Å²) in [7, 11) is 0. The maximum absolute atomic E-state index is 11.1. The lowest BCUT2D eigenvalue weighted by atomic mass is 10.1. The minimum absolute atomic E-state index is 0.152. The van der Waals surface area contributed by atoms with Gasteiger partial charge in [0, 0.05) is 6.07 Å². The van der Waals surface area contributed by atoms with E-state index in [0.717, 1.165) is 32.1 Å². The van der Waals surface area contributed by atoms with Crippen LogP contribution in [0.15, 0.2) is 18.2 Å². The number of nitro benzene ring substituents is 1. The average Bonchev–Trinajstić information content (AvgIpc) is 2.42. The van der Waals surface area contributed by atoms with E-state index in [1.165, 1.54) is 18.2 Å². The molecule has 0 bridgehead atoms. The molecule has 0 aliphatic carbocycles. The molecular weight excluding hydrogens is 262 g/mol. The highest BCUT2D eigenvalue weighted by Crippen LogP contribution is 2.31. The number of hydrogen-bond donors (Lipinski definition) is 1. The van der Waals surface area contributed by atoms with E-state index in [1.54, 1.807) is 0 Å². The molecule has 6 nitrogen and oxygen atoms in total. The Labute approximate surface area is 117 Å². The van der Waals surface area contributed by atoms with Crippen LogP contribution in [0.5, 0.6) is 5.75 Å². The first kappa shape index (κ1) is 15.9. The number of rotatable bonds is 9. The Bertz CT molecular complexity index is 440. The van der Waals surface area contributed by atoms with Crippen LogP contribution in [0.1, 0.15) is 49.4 Å². The molecule has 1 rings (SSSR count). The maximum Gasteiger partial charge on any atom is 0.339 e. The second kappa shape index (κ2) is 8.14. The molecule has 0 spiro atoms. The number of para-hydroxylation sites is 1. The zero-order valence-electron chi connectivity index (χ0n) is 11.5. The van der Waals surface area contributed by atoms with E-state index in [1.807, 2.05) is 0 Å². The van der Waals surface area contributed by atoms with Crippen molar-refractivity contribution >= 4 is 11.7 Å². The van der Waals surface area contributed by atoms with Gasteiger partial charge in [-0.3, -0.25) is 10.1 Å². The van der Waals surface area contributed by atoms with E-state index < -0.39 is 10.9 Å². The van der Waals surface area contributed by atoms with Crippen LogP contribution in [0.4, 0.5) is 5.69 Å². The molecule has 6 heteroatoms. The van der Waals surface area contributed by atoms with Gasteiger partial charge < -0.3 is 9.84 Å². The number of ether oxygens (including phenoxy) is 1. The SMILES string of the molecule is CCCCCCCOc1c(C(=O)O)cccc1[N+](=O)[O-]. The number of nitrogens with zero attached hydrogens (tertiary/aromatic N) is 1. The lowest BCUT2D eigenvalue weighted by Crippen LogP contribution is -2.07. The molecule has 20 heavy (non-hydrogen) atoms. The molecular formula is C14H19NO5. The first-order valence-electron chi connectivity index (χ1n) is 6.71. The summed E-state index contributed by atoms with van der Waals surface area (Å²) in [5.41, 5.74) is -0.480. The van der Waals surface area contributed by atoms with Crippen LogP contribution in [-0.2, 0) is 0 Å². The molecule has 0 atom stereocenters. The fourth-order valence-electron chi connectivity index (χ4n) is 1.87. The Morgan fingerprint density at radius 3 is 2.60 bits per heavy atom. The number of nitro groups is 1. The van der Waals surface area contributed by atoms with Crippen LogP contribution < -0.4 is 4.74 Å². The molecule has 0 aliphatic heterocycles. The van der Waals surface area contributed by atoms with Crippen LogP contribution >= 0.6 is 0 Å². The zero-order valence-corrected chi connectivity index (χ0v) is 11.5. The standard InChI is InChI=1S/C14H19NO5/c1-2-3-4-5-6-10-20-13-11(14(16)17)8-7-9-12(13)15(18)19/h7-9H,2-6,10H2,1H3,(H,16,17). The van der Waals surface area contributed by atoms with Gasteiger partial charge in [0.1, 0.15) is 5.56 Å². The predicted octanol–water partition coefficient (Wildman–Crippen LogP) is 3.64. The van der Waals surface area contributed by atoms with Gasteiger partial charge in [-0.15, -0.1) is 0 Å². The minimum Gasteiger partial charge on any atom is -0.486 e. The van der Waals surface area contributed by atoms with Crippen LogP contribution in [0, 0.1) is 10.1 Å². The molecule has 1 aromatic carbocycles. The Morgan fingerprint density at radius 1 is 1.30 bits per heavy atom. The molecule has 0 heterocycles. The molecule has 0 unspecified atom stereocenters. The number of unbranched alkanes of at least 4 members (excludes halogenated alkanes) is 4. The van der Waals surface area contributed by atoms with E-state index in [-0.39, 0.29) is 23.6 Å². The third-order valence-corrected chi connectivity index (χ3v) is 2.92. The van der Waals surface area contributed by atoms with Gasteiger partial charge in [0.25, 0.3) is 0 Å². The largest absolute Gasteiger partial charge is 0.486 e. The normalized spacial score (nSPS) is 10.2. The van der Waals surface area contributed by atoms with Crippen molar-refractivity contribution in [1.29, 1.82) is 0 Å². The fourth-order valence-corrected chi connectivity index (χ4v) is 1.87. The molecule has 0 saturated carbocycles. The Kier molecular flexibility index (Phi) is 6.49. The lowest BCUT2D eigenvalue weighted by Gasteiger charge is -2.09. The van der Waals surface area contributed by atoms with Crippen molar-refractivity contribution in [2.24, 2.45) is 0 Å². The van der Waals surface area contributed by atoms with E-state index in [9.17, 15) is 14.9 Å². The van der Waals surface area contributed by atoms with Gasteiger partial charge in [0.2, 0.25) is 5.75 Å². The third kappa shape index (κ3) is 4.53. The highest BCUT2D eigenvalue weighted by Gasteiger charge is 2.22. The first-order chi connectivity index (χ1) is 9.57. The molecule has 0 amide bonds. The highest BCUT2D eigenvalue weighted by atomic mass is 16.6. The van der Waals surface area contributed by atoms with Gasteiger partial charge >= 0.3 is 11.7 Å². The van der Waals surface area contributed by atoms with Crippen LogP contribution in [-0.4, -0.2) is 22.6 Å². The van der Waals surface area contributed by atoms with Crippen LogP contribution in [0.25, 0.3) is 0 Å². The molecule has 110 valence electrons. The van der Waals surface area contributed by atoms with Crippen molar-refractivity contribution in [3.05, 3.63) is 33.9 Å². The van der Waals surface area contributed by atoms with E-state index >= 15 is 0 Å². The summed E-state index contributed by atoms with van der Waals surface area (Å²) in [6.45, 7) is 2.40. The second-order valence-electron chi connectivity index (χ2n) is 4.48. The second-order valence-corrected chi connectivity index (χ2v) is 4.48. The number of carbonyl (C=O) groups is 1. The van der Waals surface area contributed by atoms with Gasteiger partial charge in [0.05, 0.1) is 11.5 Å². The van der Waals surface area contributed by atoms with Crippen molar-refractivity contribution in [2.75, 3.05) is 6.61 Å². The summed E-state index contributed by atoms with van der Waals surface area (Å²) in [6.07, 6.45) is 5.09. The fraction of sp³-hybridized carbons (Fsp3) is 0.500. The van der Waals surface area contributed by atoms with Gasteiger partial charge in [-0.05, 0) is 12.5 Å². The molecule has 0 saturated heterocycles. The molecule has 1 N–H and O–H groups in total. The number of carboxylic acid groups (broad SMARTS) is 1. The van der Waals surface area contributed by atoms with Crippen molar-refractivity contribution < 1.29 is 19.6 Å². The van der Waals surface area contributed by atoms with Gasteiger partial charge in [-0.1, -0.05) is 38.7 Å². The summed E-state index contributed by atoms with van der Waals surface area (Å²) in [5.74, 6) is -1.38. The number of hydrogen-bond acceptors (Lipinski definition) is 4. The minimum atomic E-state index is -1.23. The van der Waals surface area contributed by atoms with E-state index in [0.29, 0.717) is 0 Å². The smallest absolute Gasteiger partial charge is 0.339 e. The third-order valence-electron chi connectivity index (χ3n) is 2.92. The number of carboxylic acids is 1. The van der Waals surface area contributed by atoms with Gasteiger partial charge in [-0.25, -0.2) is 4.79 Å². The average molecular weight is 281 g/mol. The molecule has 0 aliphatic rings. The number of aromatic carboxylic acids is 1. The molecule has 0 radical (unpaired) electrons. The Hall–Kier alpha value is -2.11. The molecule has 0 fully saturated rings. The zero-order chi connectivity index (χ0) is 15.0. The maximum atomic E-state index is 11.1. The summed E-state index contributed by atoms with van der Waals surface area (Å²) in [6, 6.07) is 3.90. The molecule has 0 aromatic heterocycles. The van der Waals surface area contributed by atoms with Crippen LogP contribution in [0.3, 0.4) is 0 Å².